The first-order valence-corrected chi connectivity index (χ1v) is 20.7. The van der Waals surface area contributed by atoms with Gasteiger partial charge in [0.15, 0.2) is 0 Å². The SMILES string of the molecule is c1ccc(-c2ccc(N(c3ccc4c(c3)oc3ccccc34)c3ccccc3-c3cccc(-c4ccc5c(c4)c4ccccc4n5-c4cccc5cnccc45)c3)cc2)cc1. The summed E-state index contributed by atoms with van der Waals surface area (Å²) in [5.74, 6) is 0. The van der Waals surface area contributed by atoms with E-state index >= 15 is 0 Å². The Labute approximate surface area is 352 Å². The summed E-state index contributed by atoms with van der Waals surface area (Å²) in [4.78, 5) is 6.75. The monoisotopic (exact) mass is 779 g/mol. The van der Waals surface area contributed by atoms with Crippen LogP contribution in [0.25, 0.3) is 93.6 Å². The molecule has 0 N–H and O–H groups in total. The molecular formula is C57H37N3O. The van der Waals surface area contributed by atoms with Crippen molar-refractivity contribution in [1.29, 1.82) is 0 Å². The molecule has 0 bridgehead atoms. The fourth-order valence-corrected chi connectivity index (χ4v) is 9.21. The zero-order chi connectivity index (χ0) is 40.3. The second-order valence-corrected chi connectivity index (χ2v) is 15.6. The minimum atomic E-state index is 0.860. The lowest BCUT2D eigenvalue weighted by Gasteiger charge is -2.28. The molecule has 0 aliphatic carbocycles. The topological polar surface area (TPSA) is 34.2 Å². The molecule has 0 saturated heterocycles. The Morgan fingerprint density at radius 1 is 0.393 bits per heavy atom. The van der Waals surface area contributed by atoms with Gasteiger partial charge >= 0.3 is 0 Å². The first-order chi connectivity index (χ1) is 30.2. The highest BCUT2D eigenvalue weighted by atomic mass is 16.3. The van der Waals surface area contributed by atoms with E-state index in [1.165, 1.54) is 43.9 Å². The fraction of sp³-hybridized carbons (Fsp3) is 0. The summed E-state index contributed by atoms with van der Waals surface area (Å²) >= 11 is 0. The maximum atomic E-state index is 6.44. The summed E-state index contributed by atoms with van der Waals surface area (Å²) in [6, 6.07) is 76.1. The number of anilines is 3. The van der Waals surface area contributed by atoms with Gasteiger partial charge in [-0.3, -0.25) is 4.98 Å². The second kappa shape index (κ2) is 14.3. The highest BCUT2D eigenvalue weighted by Crippen LogP contribution is 2.44. The first-order valence-electron chi connectivity index (χ1n) is 20.7. The van der Waals surface area contributed by atoms with E-state index in [4.69, 9.17) is 4.42 Å². The summed E-state index contributed by atoms with van der Waals surface area (Å²) in [7, 11) is 0. The van der Waals surface area contributed by atoms with Gasteiger partial charge in [-0.05, 0) is 101 Å². The second-order valence-electron chi connectivity index (χ2n) is 15.6. The molecule has 286 valence electrons. The standard InChI is InChI=1S/C57H37N3O/c1-2-12-38(13-3-1)39-24-27-44(28-25-39)59(45-29-30-50-49-19-6-9-23-56(49)61-57(50)36-45)52-20-7-4-17-46(52)42-15-10-14-40(34-42)41-26-31-55-51(35-41)48-18-5-8-21-54(48)60(55)53-22-11-16-43-37-58-33-32-47(43)53/h1-37H. The quantitative estimate of drug-likeness (QED) is 0.162. The average Bonchev–Trinajstić information content (AvgIpc) is 3.87. The van der Waals surface area contributed by atoms with Gasteiger partial charge in [-0.15, -0.1) is 0 Å². The number of fused-ring (bicyclic) bond motifs is 7. The highest BCUT2D eigenvalue weighted by Gasteiger charge is 2.20. The molecule has 0 saturated carbocycles. The molecule has 12 rings (SSSR count). The Hall–Kier alpha value is -8.21. The van der Waals surface area contributed by atoms with Crippen molar-refractivity contribution in [3.63, 3.8) is 0 Å². The van der Waals surface area contributed by atoms with Crippen molar-refractivity contribution in [2.24, 2.45) is 0 Å². The largest absolute Gasteiger partial charge is 0.456 e. The molecule has 4 heteroatoms. The summed E-state index contributed by atoms with van der Waals surface area (Å²) in [5.41, 5.74) is 15.4. The summed E-state index contributed by atoms with van der Waals surface area (Å²) in [6.07, 6.45) is 3.82. The third-order valence-corrected chi connectivity index (χ3v) is 12.1. The normalized spacial score (nSPS) is 11.6. The van der Waals surface area contributed by atoms with Crippen LogP contribution in [0.15, 0.2) is 229 Å². The van der Waals surface area contributed by atoms with Crippen LogP contribution in [0.4, 0.5) is 17.1 Å². The number of rotatable bonds is 7. The van der Waals surface area contributed by atoms with E-state index in [-0.39, 0.29) is 0 Å². The minimum Gasteiger partial charge on any atom is -0.456 e. The lowest BCUT2D eigenvalue weighted by Crippen LogP contribution is -2.11. The van der Waals surface area contributed by atoms with Crippen LogP contribution in [0.5, 0.6) is 0 Å². The van der Waals surface area contributed by atoms with Crippen LogP contribution < -0.4 is 4.90 Å². The van der Waals surface area contributed by atoms with Crippen LogP contribution in [0.3, 0.4) is 0 Å². The third-order valence-electron chi connectivity index (χ3n) is 12.1. The van der Waals surface area contributed by atoms with Gasteiger partial charge in [0.1, 0.15) is 11.2 Å². The van der Waals surface area contributed by atoms with Gasteiger partial charge in [-0.2, -0.15) is 0 Å². The Morgan fingerprint density at radius 3 is 1.98 bits per heavy atom. The van der Waals surface area contributed by atoms with Crippen LogP contribution in [0, 0.1) is 0 Å². The number of hydrogen-bond acceptors (Lipinski definition) is 3. The van der Waals surface area contributed by atoms with Crippen LogP contribution in [0.2, 0.25) is 0 Å². The average molecular weight is 780 g/mol. The fourth-order valence-electron chi connectivity index (χ4n) is 9.21. The van der Waals surface area contributed by atoms with E-state index in [2.05, 4.69) is 215 Å². The molecule has 0 amide bonds. The molecule has 3 aromatic heterocycles. The van der Waals surface area contributed by atoms with Gasteiger partial charge in [0.05, 0.1) is 22.4 Å². The number of hydrogen-bond donors (Lipinski definition) is 0. The predicted octanol–water partition coefficient (Wildman–Crippen LogP) is 15.7. The Kier molecular flexibility index (Phi) is 8.13. The van der Waals surface area contributed by atoms with Crippen molar-refractivity contribution in [2.45, 2.75) is 0 Å². The predicted molar refractivity (Wildman–Crippen MR) is 254 cm³/mol. The number of pyridine rings is 1. The number of aromatic nitrogens is 2. The Morgan fingerprint density at radius 2 is 1.07 bits per heavy atom. The number of benzene rings is 9. The van der Waals surface area contributed by atoms with Gasteiger partial charge in [-0.25, -0.2) is 0 Å². The molecule has 3 heterocycles. The lowest BCUT2D eigenvalue weighted by atomic mass is 9.96. The molecule has 9 aromatic carbocycles. The molecule has 0 fully saturated rings. The molecule has 0 unspecified atom stereocenters. The number of para-hydroxylation sites is 3. The lowest BCUT2D eigenvalue weighted by molar-refractivity contribution is 0.669. The smallest absolute Gasteiger partial charge is 0.137 e. The van der Waals surface area contributed by atoms with E-state index in [1.807, 2.05) is 24.5 Å². The number of nitrogens with zero attached hydrogens (tertiary/aromatic N) is 3. The van der Waals surface area contributed by atoms with Crippen molar-refractivity contribution < 1.29 is 4.42 Å². The zero-order valence-electron chi connectivity index (χ0n) is 33.1. The molecule has 0 radical (unpaired) electrons. The Balaban J connectivity index is 0.991. The molecule has 4 nitrogen and oxygen atoms in total. The van der Waals surface area contributed by atoms with E-state index in [9.17, 15) is 0 Å². The van der Waals surface area contributed by atoms with Crippen molar-refractivity contribution in [2.75, 3.05) is 4.90 Å². The summed E-state index contributed by atoms with van der Waals surface area (Å²) in [6.45, 7) is 0. The molecule has 0 atom stereocenters. The molecule has 0 spiro atoms. The van der Waals surface area contributed by atoms with E-state index in [0.29, 0.717) is 0 Å². The molecule has 0 aliphatic heterocycles. The van der Waals surface area contributed by atoms with Crippen molar-refractivity contribution in [3.05, 3.63) is 225 Å². The van der Waals surface area contributed by atoms with Crippen molar-refractivity contribution >= 4 is 71.6 Å². The van der Waals surface area contributed by atoms with E-state index in [1.54, 1.807) is 0 Å². The van der Waals surface area contributed by atoms with Crippen LogP contribution in [-0.4, -0.2) is 9.55 Å². The van der Waals surface area contributed by atoms with Crippen LogP contribution in [-0.2, 0) is 0 Å². The minimum absolute atomic E-state index is 0.860. The zero-order valence-corrected chi connectivity index (χ0v) is 33.1. The molecule has 12 aromatic rings. The summed E-state index contributed by atoms with van der Waals surface area (Å²) < 4.78 is 8.84. The first kappa shape index (κ1) is 34.8. The van der Waals surface area contributed by atoms with Gasteiger partial charge in [0, 0.05) is 67.7 Å². The van der Waals surface area contributed by atoms with Gasteiger partial charge in [0.2, 0.25) is 0 Å². The Bertz CT molecular complexity index is 3590. The highest BCUT2D eigenvalue weighted by molar-refractivity contribution is 6.12. The van der Waals surface area contributed by atoms with Gasteiger partial charge < -0.3 is 13.9 Å². The van der Waals surface area contributed by atoms with E-state index < -0.39 is 0 Å². The van der Waals surface area contributed by atoms with Gasteiger partial charge in [-0.1, -0.05) is 133 Å². The van der Waals surface area contributed by atoms with Crippen molar-refractivity contribution in [1.82, 2.24) is 9.55 Å². The number of furan rings is 1. The summed E-state index contributed by atoms with van der Waals surface area (Å²) in [5, 5.41) is 6.97. The van der Waals surface area contributed by atoms with E-state index in [0.717, 1.165) is 66.8 Å². The maximum absolute atomic E-state index is 6.44. The molecule has 0 aliphatic rings. The molecule has 61 heavy (non-hydrogen) atoms. The third kappa shape index (κ3) is 5.88. The van der Waals surface area contributed by atoms with Crippen LogP contribution >= 0.6 is 0 Å². The van der Waals surface area contributed by atoms with Crippen LogP contribution in [0.1, 0.15) is 0 Å². The van der Waals surface area contributed by atoms with Gasteiger partial charge in [0.25, 0.3) is 0 Å². The molecular weight excluding hydrogens is 743 g/mol. The van der Waals surface area contributed by atoms with Crippen molar-refractivity contribution in [3.8, 4) is 39.1 Å². The maximum Gasteiger partial charge on any atom is 0.137 e.